The predicted octanol–water partition coefficient (Wildman–Crippen LogP) is -0.214. The summed E-state index contributed by atoms with van der Waals surface area (Å²) >= 11 is 0. The van der Waals surface area contributed by atoms with E-state index >= 15 is 0 Å². The van der Waals surface area contributed by atoms with Crippen LogP contribution in [0, 0.1) is 15.3 Å². The minimum absolute atomic E-state index is 0. The van der Waals surface area contributed by atoms with Crippen molar-refractivity contribution in [3.63, 3.8) is 0 Å². The van der Waals surface area contributed by atoms with Gasteiger partial charge < -0.3 is 31.4 Å². The molecular weight excluding hydrogens is 358 g/mol. The van der Waals surface area contributed by atoms with Crippen molar-refractivity contribution in [2.75, 3.05) is 0 Å². The molecule has 0 amide bonds. The summed E-state index contributed by atoms with van der Waals surface area (Å²) in [6, 6.07) is 12.5. The summed E-state index contributed by atoms with van der Waals surface area (Å²) in [7, 11) is 0. The summed E-state index contributed by atoms with van der Waals surface area (Å²) in [6.07, 6.45) is 3.32. The maximum absolute atomic E-state index is 11.4. The fourth-order valence-electron chi connectivity index (χ4n) is 1.32. The van der Waals surface area contributed by atoms with Crippen LogP contribution in [0.15, 0.2) is 53.7 Å². The molecule has 0 atom stereocenters. The molecule has 23 heavy (non-hydrogen) atoms. The van der Waals surface area contributed by atoms with E-state index in [4.69, 9.17) is 15.3 Å². The topological polar surface area (TPSA) is 179 Å². The third-order valence-electron chi connectivity index (χ3n) is 2.13. The smallest absolute Gasteiger partial charge is 0.872 e. The second-order valence-corrected chi connectivity index (χ2v) is 3.55. The number of hydrogen-bond acceptors (Lipinski definition) is 6. The summed E-state index contributed by atoms with van der Waals surface area (Å²) in [6.45, 7) is 0.495. The fourth-order valence-corrected chi connectivity index (χ4v) is 1.32. The first-order valence-electron chi connectivity index (χ1n) is 5.57. The molecular formula is C13H16CuN3O6+. The number of nitrogens with zero attached hydrogens (tertiary/aromatic N) is 3. The molecule has 129 valence electrons. The monoisotopic (exact) mass is 373 g/mol. The average Bonchev–Trinajstić information content (AvgIpc) is 2.42. The zero-order chi connectivity index (χ0) is 14.8. The van der Waals surface area contributed by atoms with E-state index in [0.29, 0.717) is 12.1 Å². The van der Waals surface area contributed by atoms with Crippen molar-refractivity contribution in [1.82, 2.24) is 4.98 Å². The number of aliphatic imine (C=N–C) groups is 1. The van der Waals surface area contributed by atoms with Gasteiger partial charge in [-0.2, -0.15) is 0 Å². The van der Waals surface area contributed by atoms with Gasteiger partial charge in [-0.25, -0.2) is 0 Å². The Morgan fingerprint density at radius 2 is 1.70 bits per heavy atom. The van der Waals surface area contributed by atoms with Crippen LogP contribution in [-0.2, 0) is 29.1 Å². The minimum Gasteiger partial charge on any atom is -0.872 e. The van der Waals surface area contributed by atoms with Gasteiger partial charge in [0.15, 0.2) is 0 Å². The van der Waals surface area contributed by atoms with Crippen LogP contribution in [0.3, 0.4) is 0 Å². The zero-order valence-corrected chi connectivity index (χ0v) is 12.7. The van der Waals surface area contributed by atoms with Gasteiger partial charge in [-0.1, -0.05) is 30.3 Å². The first-order chi connectivity index (χ1) is 9.59. The van der Waals surface area contributed by atoms with E-state index in [2.05, 4.69) is 9.98 Å². The van der Waals surface area contributed by atoms with Crippen molar-refractivity contribution in [1.29, 1.82) is 0 Å². The van der Waals surface area contributed by atoms with Gasteiger partial charge in [0.05, 0.1) is 17.3 Å². The largest absolute Gasteiger partial charge is 2.00 e. The zero-order valence-electron chi connectivity index (χ0n) is 11.8. The van der Waals surface area contributed by atoms with E-state index in [1.165, 1.54) is 6.07 Å². The van der Waals surface area contributed by atoms with Gasteiger partial charge in [0.25, 0.3) is 0 Å². The van der Waals surface area contributed by atoms with Crippen molar-refractivity contribution in [3.8, 4) is 5.75 Å². The van der Waals surface area contributed by atoms with Crippen molar-refractivity contribution in [2.45, 2.75) is 6.54 Å². The van der Waals surface area contributed by atoms with Gasteiger partial charge in [0.2, 0.25) is 0 Å². The van der Waals surface area contributed by atoms with Gasteiger partial charge >= 0.3 is 17.1 Å². The molecule has 0 aliphatic carbocycles. The van der Waals surface area contributed by atoms with Crippen LogP contribution in [-0.4, -0.2) is 21.8 Å². The Labute approximate surface area is 142 Å². The minimum atomic E-state index is -1.75. The second kappa shape index (κ2) is 14.4. The van der Waals surface area contributed by atoms with Crippen LogP contribution in [0.5, 0.6) is 5.75 Å². The first kappa shape index (κ1) is 25.4. The van der Waals surface area contributed by atoms with Crippen LogP contribution in [0.25, 0.3) is 0 Å². The molecule has 1 aromatic heterocycles. The van der Waals surface area contributed by atoms with Crippen LogP contribution < -0.4 is 5.11 Å². The molecule has 0 saturated heterocycles. The Morgan fingerprint density at radius 3 is 2.22 bits per heavy atom. The molecule has 0 aliphatic heterocycles. The summed E-state index contributed by atoms with van der Waals surface area (Å²) < 4.78 is 0. The van der Waals surface area contributed by atoms with Gasteiger partial charge in [-0.15, -0.1) is 5.75 Å². The number of rotatable bonds is 3. The molecule has 0 fully saturated rings. The third kappa shape index (κ3) is 11.8. The standard InChI is InChI=1S/C13H12N2O.Cu.NO3.2H2O/c16-13-7-2-1-5-11(13)9-14-10-12-6-3-4-8-15-12;;2-1(3)4;;/h1-9,16H,10H2;;;2*1H2/q;+2;-1;;. The van der Waals surface area contributed by atoms with Crippen molar-refractivity contribution < 1.29 is 38.2 Å². The molecule has 0 aliphatic rings. The van der Waals surface area contributed by atoms with Crippen LogP contribution in [0.1, 0.15) is 11.3 Å². The van der Waals surface area contributed by atoms with E-state index in [9.17, 15) is 5.11 Å². The maximum atomic E-state index is 11.4. The van der Waals surface area contributed by atoms with Crippen molar-refractivity contribution in [3.05, 3.63) is 75.2 Å². The van der Waals surface area contributed by atoms with Gasteiger partial charge in [-0.3, -0.25) is 9.98 Å². The molecule has 0 unspecified atom stereocenters. The van der Waals surface area contributed by atoms with Gasteiger partial charge in [0.1, 0.15) is 0 Å². The molecule has 0 saturated carbocycles. The summed E-state index contributed by atoms with van der Waals surface area (Å²) in [5, 5.41) is 26.1. The molecule has 0 bridgehead atoms. The normalized spacial score (nSPS) is 8.52. The quantitative estimate of drug-likeness (QED) is 0.237. The number of aromatic nitrogens is 1. The fraction of sp³-hybridized carbons (Fsp3) is 0.0769. The Kier molecular flexibility index (Phi) is 15.9. The van der Waals surface area contributed by atoms with Crippen molar-refractivity contribution in [2.24, 2.45) is 4.99 Å². The third-order valence-corrected chi connectivity index (χ3v) is 2.13. The predicted molar refractivity (Wildman–Crippen MR) is 80.3 cm³/mol. The molecule has 2 rings (SSSR count). The van der Waals surface area contributed by atoms with Crippen molar-refractivity contribution >= 4 is 6.21 Å². The molecule has 0 spiro atoms. The molecule has 2 aromatic rings. The number of hydrogen-bond donors (Lipinski definition) is 0. The Balaban J connectivity index is -0.000000517. The number of pyridine rings is 1. The number of benzene rings is 1. The SMILES string of the molecule is O.O=[N+]([O-])[O-].[Cu+2].[O-]c1ccccc1C=NCc1ccccn1.[OH3+]. The molecule has 1 heterocycles. The van der Waals surface area contributed by atoms with Gasteiger partial charge in [0, 0.05) is 12.4 Å². The van der Waals surface area contributed by atoms with Crippen LogP contribution in [0.2, 0.25) is 0 Å². The molecule has 9 nitrogen and oxygen atoms in total. The van der Waals surface area contributed by atoms with Crippen LogP contribution >= 0.6 is 0 Å². The molecule has 1 aromatic carbocycles. The van der Waals surface area contributed by atoms with E-state index in [1.807, 2.05) is 24.3 Å². The summed E-state index contributed by atoms with van der Waals surface area (Å²) in [5.41, 5.74) is 1.50. The number of para-hydroxylation sites is 1. The summed E-state index contributed by atoms with van der Waals surface area (Å²) in [4.78, 5) is 16.6. The van der Waals surface area contributed by atoms with Crippen LogP contribution in [0.4, 0.5) is 0 Å². The average molecular weight is 374 g/mol. The molecule has 1 radical (unpaired) electrons. The van der Waals surface area contributed by atoms with E-state index in [-0.39, 0.29) is 33.8 Å². The second-order valence-electron chi connectivity index (χ2n) is 3.55. The van der Waals surface area contributed by atoms with Gasteiger partial charge in [-0.05, 0) is 17.7 Å². The van der Waals surface area contributed by atoms with E-state index in [1.54, 1.807) is 24.5 Å². The summed E-state index contributed by atoms with van der Waals surface area (Å²) in [5.74, 6) is -0.00716. The molecule has 5 N–H and O–H groups in total. The molecule has 10 heteroatoms. The van der Waals surface area contributed by atoms with E-state index in [0.717, 1.165) is 5.69 Å². The Bertz CT molecular complexity index is 579. The Hall–Kier alpha value is -2.52. The first-order valence-corrected chi connectivity index (χ1v) is 5.57. The maximum Gasteiger partial charge on any atom is 2.00 e. The van der Waals surface area contributed by atoms with E-state index < -0.39 is 5.09 Å². The Morgan fingerprint density at radius 1 is 1.13 bits per heavy atom.